The summed E-state index contributed by atoms with van der Waals surface area (Å²) in [5.41, 5.74) is 7.51. The summed E-state index contributed by atoms with van der Waals surface area (Å²) in [7, 11) is 0. The largest absolute Gasteiger partial charge is 0.448 e. The fourth-order valence-corrected chi connectivity index (χ4v) is 1.24. The van der Waals surface area contributed by atoms with E-state index in [2.05, 4.69) is 4.99 Å². The number of nitrogens with zero attached hydrogens (tertiary/aromatic N) is 1. The lowest BCUT2D eigenvalue weighted by molar-refractivity contribution is 0.143. The van der Waals surface area contributed by atoms with Gasteiger partial charge in [0.05, 0.1) is 6.61 Å². The number of carbonyl (C=O) groups is 1. The Morgan fingerprint density at radius 3 is 2.76 bits per heavy atom. The molecule has 4 heteroatoms. The van der Waals surface area contributed by atoms with Crippen molar-refractivity contribution in [1.82, 2.24) is 0 Å². The fraction of sp³-hybridized carbons (Fsp3) is 0.385. The lowest BCUT2D eigenvalue weighted by atomic mass is 10.1. The van der Waals surface area contributed by atoms with Crippen molar-refractivity contribution in [2.45, 2.75) is 20.8 Å². The minimum absolute atomic E-state index is 0.183. The number of aryl methyl sites for hydroxylation is 1. The Labute approximate surface area is 101 Å². The highest BCUT2D eigenvalue weighted by Crippen LogP contribution is 2.04. The molecular formula is C13H18N2O2. The van der Waals surface area contributed by atoms with Gasteiger partial charge in [0.1, 0.15) is 5.84 Å². The zero-order chi connectivity index (χ0) is 12.8. The minimum atomic E-state index is -0.641. The van der Waals surface area contributed by atoms with Crippen molar-refractivity contribution in [3.05, 3.63) is 35.4 Å². The van der Waals surface area contributed by atoms with Crippen LogP contribution in [0.15, 0.2) is 29.3 Å². The molecule has 2 N–H and O–H groups in total. The highest BCUT2D eigenvalue weighted by molar-refractivity contribution is 6.02. The number of carbonyl (C=O) groups excluding carboxylic acids is 1. The number of rotatable bonds is 3. The standard InChI is InChI=1S/C13H18N2O2/c1-9(2)8-17-13(16)15-12(14)11-6-4-5-10(3)7-11/h4-7,9H,8H2,1-3H3,(H2,14,15,16). The van der Waals surface area contributed by atoms with Gasteiger partial charge >= 0.3 is 6.09 Å². The lowest BCUT2D eigenvalue weighted by Crippen LogP contribution is -2.17. The van der Waals surface area contributed by atoms with Gasteiger partial charge in [-0.2, -0.15) is 4.99 Å². The number of amides is 1. The van der Waals surface area contributed by atoms with E-state index in [1.807, 2.05) is 45.0 Å². The smallest absolute Gasteiger partial charge is 0.435 e. The second-order valence-electron chi connectivity index (χ2n) is 4.34. The summed E-state index contributed by atoms with van der Waals surface area (Å²) in [6.45, 7) is 6.22. The number of hydrogen-bond donors (Lipinski definition) is 1. The third-order valence-electron chi connectivity index (χ3n) is 2.07. The summed E-state index contributed by atoms with van der Waals surface area (Å²) < 4.78 is 4.92. The number of benzene rings is 1. The average Bonchev–Trinajstić information content (AvgIpc) is 2.26. The predicted octanol–water partition coefficient (Wildman–Crippen LogP) is 2.49. The van der Waals surface area contributed by atoms with Crippen LogP contribution < -0.4 is 5.73 Å². The zero-order valence-electron chi connectivity index (χ0n) is 10.4. The summed E-state index contributed by atoms with van der Waals surface area (Å²) in [4.78, 5) is 15.0. The molecule has 0 saturated carbocycles. The Morgan fingerprint density at radius 1 is 1.47 bits per heavy atom. The second kappa shape index (κ2) is 6.03. The van der Waals surface area contributed by atoms with Gasteiger partial charge in [-0.1, -0.05) is 37.6 Å². The molecular weight excluding hydrogens is 216 g/mol. The number of ether oxygens (including phenoxy) is 1. The highest BCUT2D eigenvalue weighted by Gasteiger charge is 2.05. The Kier molecular flexibility index (Phi) is 4.69. The monoisotopic (exact) mass is 234 g/mol. The van der Waals surface area contributed by atoms with Gasteiger partial charge in [0.15, 0.2) is 0 Å². The van der Waals surface area contributed by atoms with Gasteiger partial charge in [-0.3, -0.25) is 0 Å². The van der Waals surface area contributed by atoms with Crippen LogP contribution in [0, 0.1) is 12.8 Å². The van der Waals surface area contributed by atoms with Gasteiger partial charge in [0.2, 0.25) is 0 Å². The van der Waals surface area contributed by atoms with E-state index in [0.717, 1.165) is 11.1 Å². The van der Waals surface area contributed by atoms with Crippen LogP contribution in [-0.4, -0.2) is 18.5 Å². The van der Waals surface area contributed by atoms with E-state index in [1.54, 1.807) is 0 Å². The molecule has 0 radical (unpaired) electrons. The van der Waals surface area contributed by atoms with Crippen LogP contribution in [-0.2, 0) is 4.74 Å². The highest BCUT2D eigenvalue weighted by atomic mass is 16.5. The molecule has 0 unspecified atom stereocenters. The van der Waals surface area contributed by atoms with Crippen LogP contribution in [0.4, 0.5) is 4.79 Å². The molecule has 0 bridgehead atoms. The molecule has 17 heavy (non-hydrogen) atoms. The minimum Gasteiger partial charge on any atom is -0.448 e. The summed E-state index contributed by atoms with van der Waals surface area (Å²) >= 11 is 0. The molecule has 1 aromatic carbocycles. The molecule has 0 fully saturated rings. The summed E-state index contributed by atoms with van der Waals surface area (Å²) in [5, 5.41) is 0. The van der Waals surface area contributed by atoms with E-state index in [-0.39, 0.29) is 11.8 Å². The lowest BCUT2D eigenvalue weighted by Gasteiger charge is -2.05. The first-order valence-corrected chi connectivity index (χ1v) is 5.57. The summed E-state index contributed by atoms with van der Waals surface area (Å²) in [6.07, 6.45) is -0.641. The van der Waals surface area contributed by atoms with Crippen molar-refractivity contribution in [3.63, 3.8) is 0 Å². The van der Waals surface area contributed by atoms with E-state index in [0.29, 0.717) is 6.61 Å². The number of nitrogens with two attached hydrogens (primary N) is 1. The van der Waals surface area contributed by atoms with Crippen molar-refractivity contribution >= 4 is 11.9 Å². The second-order valence-corrected chi connectivity index (χ2v) is 4.34. The number of amidine groups is 1. The van der Waals surface area contributed by atoms with Crippen molar-refractivity contribution in [1.29, 1.82) is 0 Å². The van der Waals surface area contributed by atoms with Gasteiger partial charge in [-0.25, -0.2) is 4.79 Å². The van der Waals surface area contributed by atoms with Crippen LogP contribution in [0.2, 0.25) is 0 Å². The van der Waals surface area contributed by atoms with Gasteiger partial charge in [0.25, 0.3) is 0 Å². The van der Waals surface area contributed by atoms with E-state index < -0.39 is 6.09 Å². The molecule has 0 spiro atoms. The van der Waals surface area contributed by atoms with E-state index in [4.69, 9.17) is 10.5 Å². The molecule has 0 atom stereocenters. The van der Waals surface area contributed by atoms with Crippen molar-refractivity contribution < 1.29 is 9.53 Å². The maximum atomic E-state index is 11.3. The zero-order valence-corrected chi connectivity index (χ0v) is 10.4. The Bertz CT molecular complexity index is 425. The van der Waals surface area contributed by atoms with Crippen molar-refractivity contribution in [3.8, 4) is 0 Å². The van der Waals surface area contributed by atoms with Crippen LogP contribution in [0.25, 0.3) is 0 Å². The first-order chi connectivity index (χ1) is 7.99. The summed E-state index contributed by atoms with van der Waals surface area (Å²) in [6, 6.07) is 7.50. The molecule has 0 aliphatic rings. The van der Waals surface area contributed by atoms with E-state index in [9.17, 15) is 4.79 Å². The maximum absolute atomic E-state index is 11.3. The first kappa shape index (κ1) is 13.2. The molecule has 1 amide bonds. The van der Waals surface area contributed by atoms with Crippen LogP contribution in [0.5, 0.6) is 0 Å². The Balaban J connectivity index is 2.69. The average molecular weight is 234 g/mol. The molecule has 1 aromatic rings. The number of aliphatic imine (C=N–C) groups is 1. The van der Waals surface area contributed by atoms with Crippen molar-refractivity contribution in [2.75, 3.05) is 6.61 Å². The molecule has 0 aliphatic heterocycles. The van der Waals surface area contributed by atoms with Gasteiger partial charge in [0, 0.05) is 5.56 Å². The van der Waals surface area contributed by atoms with Gasteiger partial charge < -0.3 is 10.5 Å². The normalized spacial score (nSPS) is 11.6. The quantitative estimate of drug-likeness (QED) is 0.645. The molecule has 0 aromatic heterocycles. The summed E-state index contributed by atoms with van der Waals surface area (Å²) in [5.74, 6) is 0.469. The molecule has 92 valence electrons. The molecule has 0 heterocycles. The third kappa shape index (κ3) is 4.68. The van der Waals surface area contributed by atoms with Crippen LogP contribution in [0.3, 0.4) is 0 Å². The van der Waals surface area contributed by atoms with E-state index >= 15 is 0 Å². The first-order valence-electron chi connectivity index (χ1n) is 5.57. The van der Waals surface area contributed by atoms with E-state index in [1.165, 1.54) is 0 Å². The maximum Gasteiger partial charge on any atom is 0.435 e. The Morgan fingerprint density at radius 2 is 2.18 bits per heavy atom. The van der Waals surface area contributed by atoms with Crippen LogP contribution in [0.1, 0.15) is 25.0 Å². The third-order valence-corrected chi connectivity index (χ3v) is 2.07. The number of hydrogen-bond acceptors (Lipinski definition) is 2. The SMILES string of the molecule is Cc1cccc(/C(N)=N\C(=O)OCC(C)C)c1. The van der Waals surface area contributed by atoms with Gasteiger partial charge in [-0.15, -0.1) is 0 Å². The van der Waals surface area contributed by atoms with Gasteiger partial charge in [-0.05, 0) is 18.9 Å². The molecule has 1 rings (SSSR count). The predicted molar refractivity (Wildman–Crippen MR) is 68.1 cm³/mol. The topological polar surface area (TPSA) is 64.7 Å². The fourth-order valence-electron chi connectivity index (χ4n) is 1.24. The van der Waals surface area contributed by atoms with Crippen LogP contribution >= 0.6 is 0 Å². The molecule has 0 saturated heterocycles. The molecule has 0 aliphatic carbocycles. The van der Waals surface area contributed by atoms with Crippen molar-refractivity contribution in [2.24, 2.45) is 16.6 Å². The molecule has 4 nitrogen and oxygen atoms in total. The Hall–Kier alpha value is -1.84.